The Kier molecular flexibility index (Phi) is 5.42. The van der Waals surface area contributed by atoms with Crippen LogP contribution in [0.5, 0.6) is 0 Å². The van der Waals surface area contributed by atoms with Gasteiger partial charge in [0.15, 0.2) is 6.61 Å². The SMILES string of the molecule is CN(Cc1ccc(Cl)s1)C(=O)COC(=O)Cc1coc2cc3c(cc12)CCC3. The molecule has 7 heteroatoms. The van der Waals surface area contributed by atoms with E-state index in [4.69, 9.17) is 20.8 Å². The zero-order valence-corrected chi connectivity index (χ0v) is 17.1. The molecule has 0 fully saturated rings. The molecule has 1 aromatic carbocycles. The summed E-state index contributed by atoms with van der Waals surface area (Å²) in [6.07, 6.45) is 5.00. The number of carbonyl (C=O) groups excluding carboxylic acids is 2. The highest BCUT2D eigenvalue weighted by Crippen LogP contribution is 2.30. The highest BCUT2D eigenvalue weighted by molar-refractivity contribution is 7.16. The lowest BCUT2D eigenvalue weighted by atomic mass is 10.0. The molecule has 0 bridgehead atoms. The van der Waals surface area contributed by atoms with Crippen LogP contribution in [0.25, 0.3) is 11.0 Å². The maximum atomic E-state index is 12.2. The number of hydrogen-bond donors (Lipinski definition) is 0. The van der Waals surface area contributed by atoms with Gasteiger partial charge in [-0.2, -0.15) is 0 Å². The van der Waals surface area contributed by atoms with Gasteiger partial charge < -0.3 is 14.1 Å². The average Bonchev–Trinajstić information content (AvgIpc) is 3.38. The summed E-state index contributed by atoms with van der Waals surface area (Å²) in [6.45, 7) is 0.158. The molecule has 2 heterocycles. The Morgan fingerprint density at radius 2 is 2.04 bits per heavy atom. The van der Waals surface area contributed by atoms with E-state index in [9.17, 15) is 9.59 Å². The standard InChI is InChI=1S/C21H20ClNO4S/c1-23(10-16-5-6-19(22)28-16)20(24)12-27-21(25)9-15-11-26-18-8-14-4-2-3-13(14)7-17(15)18/h5-8,11H,2-4,9-10,12H2,1H3. The van der Waals surface area contributed by atoms with E-state index in [1.807, 2.05) is 6.07 Å². The molecule has 28 heavy (non-hydrogen) atoms. The first-order valence-electron chi connectivity index (χ1n) is 9.15. The molecule has 4 rings (SSSR count). The van der Waals surface area contributed by atoms with Crippen LogP contribution in [0.15, 0.2) is 34.9 Å². The van der Waals surface area contributed by atoms with E-state index in [0.29, 0.717) is 10.9 Å². The number of thiophene rings is 1. The zero-order valence-electron chi connectivity index (χ0n) is 15.5. The summed E-state index contributed by atoms with van der Waals surface area (Å²) in [5.41, 5.74) is 4.25. The molecule has 1 aliphatic carbocycles. The summed E-state index contributed by atoms with van der Waals surface area (Å²) in [4.78, 5) is 26.9. The molecule has 0 aliphatic heterocycles. The second-order valence-corrected chi connectivity index (χ2v) is 8.82. The van der Waals surface area contributed by atoms with Gasteiger partial charge in [0, 0.05) is 22.9 Å². The van der Waals surface area contributed by atoms with Gasteiger partial charge in [0.05, 0.1) is 23.6 Å². The van der Waals surface area contributed by atoms with E-state index in [-0.39, 0.29) is 18.9 Å². The molecule has 0 radical (unpaired) electrons. The van der Waals surface area contributed by atoms with Crippen molar-refractivity contribution in [3.63, 3.8) is 0 Å². The number of halogens is 1. The Labute approximate surface area is 171 Å². The van der Waals surface area contributed by atoms with Gasteiger partial charge in [0.1, 0.15) is 5.58 Å². The van der Waals surface area contributed by atoms with Gasteiger partial charge in [-0.1, -0.05) is 11.6 Å². The van der Waals surface area contributed by atoms with Crippen molar-refractivity contribution in [1.29, 1.82) is 0 Å². The molecular weight excluding hydrogens is 398 g/mol. The van der Waals surface area contributed by atoms with E-state index in [2.05, 4.69) is 12.1 Å². The number of amides is 1. The largest absolute Gasteiger partial charge is 0.464 e. The highest BCUT2D eigenvalue weighted by Gasteiger charge is 2.18. The summed E-state index contributed by atoms with van der Waals surface area (Å²) in [5, 5.41) is 0.954. The Hall–Kier alpha value is -2.31. The molecule has 146 valence electrons. The van der Waals surface area contributed by atoms with Crippen LogP contribution < -0.4 is 0 Å². The van der Waals surface area contributed by atoms with Gasteiger partial charge in [-0.15, -0.1) is 11.3 Å². The number of ether oxygens (including phenoxy) is 1. The van der Waals surface area contributed by atoms with Gasteiger partial charge in [0.2, 0.25) is 0 Å². The molecule has 0 saturated carbocycles. The van der Waals surface area contributed by atoms with Crippen molar-refractivity contribution in [2.45, 2.75) is 32.2 Å². The molecule has 0 unspecified atom stereocenters. The molecule has 0 spiro atoms. The lowest BCUT2D eigenvalue weighted by molar-refractivity contribution is -0.151. The number of furan rings is 1. The summed E-state index contributed by atoms with van der Waals surface area (Å²) in [7, 11) is 1.67. The van der Waals surface area contributed by atoms with Crippen molar-refractivity contribution >= 4 is 45.8 Å². The Balaban J connectivity index is 1.33. The molecule has 2 aromatic heterocycles. The van der Waals surface area contributed by atoms with E-state index in [1.165, 1.54) is 27.4 Å². The van der Waals surface area contributed by atoms with Crippen LogP contribution in [0.1, 0.15) is 28.0 Å². The first-order valence-corrected chi connectivity index (χ1v) is 10.3. The minimum Gasteiger partial charge on any atom is -0.464 e. The fraction of sp³-hybridized carbons (Fsp3) is 0.333. The fourth-order valence-electron chi connectivity index (χ4n) is 3.50. The number of likely N-dealkylation sites (N-methyl/N-ethyl adjacent to an activating group) is 1. The predicted octanol–water partition coefficient (Wildman–Crippen LogP) is 4.38. The Morgan fingerprint density at radius 3 is 2.79 bits per heavy atom. The number of rotatable bonds is 6. The number of benzene rings is 1. The normalized spacial score (nSPS) is 12.9. The third kappa shape index (κ3) is 4.08. The predicted molar refractivity (Wildman–Crippen MR) is 109 cm³/mol. The average molecular weight is 418 g/mol. The minimum absolute atomic E-state index is 0.0866. The van der Waals surface area contributed by atoms with Crippen molar-refractivity contribution in [3.05, 3.63) is 56.4 Å². The Bertz CT molecular complexity index is 1040. The number of aryl methyl sites for hydroxylation is 2. The van der Waals surface area contributed by atoms with Crippen molar-refractivity contribution in [2.75, 3.05) is 13.7 Å². The number of hydrogen-bond acceptors (Lipinski definition) is 5. The van der Waals surface area contributed by atoms with Gasteiger partial charge >= 0.3 is 5.97 Å². The van der Waals surface area contributed by atoms with Crippen LogP contribution in [-0.4, -0.2) is 30.4 Å². The summed E-state index contributed by atoms with van der Waals surface area (Å²) in [6, 6.07) is 7.87. The number of esters is 1. The van der Waals surface area contributed by atoms with Crippen LogP contribution in [0.2, 0.25) is 4.34 Å². The Morgan fingerprint density at radius 1 is 1.25 bits per heavy atom. The lowest BCUT2D eigenvalue weighted by Gasteiger charge is -2.16. The van der Waals surface area contributed by atoms with E-state index >= 15 is 0 Å². The lowest BCUT2D eigenvalue weighted by Crippen LogP contribution is -2.30. The van der Waals surface area contributed by atoms with Crippen molar-refractivity contribution in [2.24, 2.45) is 0 Å². The van der Waals surface area contributed by atoms with E-state index in [1.54, 1.807) is 19.4 Å². The number of fused-ring (bicyclic) bond motifs is 2. The molecule has 0 N–H and O–H groups in total. The second-order valence-electron chi connectivity index (χ2n) is 7.02. The van der Waals surface area contributed by atoms with Crippen molar-refractivity contribution in [3.8, 4) is 0 Å². The second kappa shape index (κ2) is 7.97. The van der Waals surface area contributed by atoms with Crippen LogP contribution >= 0.6 is 22.9 Å². The van der Waals surface area contributed by atoms with Gasteiger partial charge in [0.25, 0.3) is 5.91 Å². The first-order chi connectivity index (χ1) is 13.5. The fourth-order valence-corrected chi connectivity index (χ4v) is 4.64. The summed E-state index contributed by atoms with van der Waals surface area (Å²) < 4.78 is 11.5. The van der Waals surface area contributed by atoms with Crippen molar-refractivity contribution in [1.82, 2.24) is 4.90 Å². The van der Waals surface area contributed by atoms with E-state index < -0.39 is 5.97 Å². The van der Waals surface area contributed by atoms with Gasteiger partial charge in [-0.05, 0) is 54.7 Å². The third-order valence-electron chi connectivity index (χ3n) is 5.01. The first kappa shape index (κ1) is 19.0. The van der Waals surface area contributed by atoms with Crippen LogP contribution in [0.4, 0.5) is 0 Å². The highest BCUT2D eigenvalue weighted by atomic mass is 35.5. The van der Waals surface area contributed by atoms with Crippen LogP contribution in [0.3, 0.4) is 0 Å². The smallest absolute Gasteiger partial charge is 0.310 e. The maximum Gasteiger partial charge on any atom is 0.310 e. The molecule has 0 saturated heterocycles. The molecule has 0 atom stereocenters. The maximum absolute atomic E-state index is 12.2. The van der Waals surface area contributed by atoms with Crippen LogP contribution in [-0.2, 0) is 40.1 Å². The van der Waals surface area contributed by atoms with Crippen molar-refractivity contribution < 1.29 is 18.7 Å². The minimum atomic E-state index is -0.441. The molecule has 3 aromatic rings. The molecule has 1 aliphatic rings. The molecular formula is C21H20ClNO4S. The zero-order chi connectivity index (χ0) is 19.7. The number of nitrogens with zero attached hydrogens (tertiary/aromatic N) is 1. The van der Waals surface area contributed by atoms with Gasteiger partial charge in [-0.25, -0.2) is 0 Å². The third-order valence-corrected chi connectivity index (χ3v) is 6.22. The molecule has 5 nitrogen and oxygen atoms in total. The monoisotopic (exact) mass is 417 g/mol. The topological polar surface area (TPSA) is 59.8 Å². The van der Waals surface area contributed by atoms with E-state index in [0.717, 1.165) is 40.7 Å². The van der Waals surface area contributed by atoms with Gasteiger partial charge in [-0.3, -0.25) is 9.59 Å². The quantitative estimate of drug-likeness (QED) is 0.558. The molecule has 1 amide bonds. The van der Waals surface area contributed by atoms with Crippen LogP contribution in [0, 0.1) is 0 Å². The summed E-state index contributed by atoms with van der Waals surface area (Å²) in [5.74, 6) is -0.697. The number of carbonyl (C=O) groups is 2. The summed E-state index contributed by atoms with van der Waals surface area (Å²) >= 11 is 7.33.